The molecule has 0 aromatic carbocycles. The highest BCUT2D eigenvalue weighted by Crippen LogP contribution is 2.12. The minimum atomic E-state index is -0.859. The van der Waals surface area contributed by atoms with Gasteiger partial charge in [-0.3, -0.25) is 9.59 Å². The van der Waals surface area contributed by atoms with Gasteiger partial charge in [0.25, 0.3) is 0 Å². The number of rotatable bonds is 40. The van der Waals surface area contributed by atoms with Crippen LogP contribution in [0.5, 0.6) is 0 Å². The first-order chi connectivity index (χ1) is 26.0. The molecule has 0 heterocycles. The van der Waals surface area contributed by atoms with Crippen LogP contribution in [0.15, 0.2) is 48.6 Å². The van der Waals surface area contributed by atoms with Gasteiger partial charge in [-0.2, -0.15) is 0 Å². The normalized spacial score (nSPS) is 13.2. The Bertz CT molecular complexity index is 911. The molecule has 6 heteroatoms. The maximum Gasteiger partial charge on any atom is 0.305 e. The molecule has 0 bridgehead atoms. The minimum Gasteiger partial charge on any atom is -0.466 e. The SMILES string of the molecule is CCCC/C=C\C/C=C\CCCCCCCC(=O)OCCCCC/C=C\CCCCCCCC(=O)NC(CO)C(O)/C=C/CCCCCCCCCC. The summed E-state index contributed by atoms with van der Waals surface area (Å²) in [5.74, 6) is -0.140. The van der Waals surface area contributed by atoms with E-state index < -0.39 is 12.1 Å². The van der Waals surface area contributed by atoms with E-state index in [-0.39, 0.29) is 18.5 Å². The van der Waals surface area contributed by atoms with E-state index in [9.17, 15) is 19.8 Å². The molecule has 3 N–H and O–H groups in total. The summed E-state index contributed by atoms with van der Waals surface area (Å²) in [4.78, 5) is 24.3. The number of carbonyl (C=O) groups excluding carboxylic acids is 2. The van der Waals surface area contributed by atoms with Crippen molar-refractivity contribution >= 4 is 11.9 Å². The number of hydrogen-bond acceptors (Lipinski definition) is 5. The number of ether oxygens (including phenoxy) is 1. The first-order valence-electron chi connectivity index (χ1n) is 22.4. The van der Waals surface area contributed by atoms with Crippen molar-refractivity contribution in [1.29, 1.82) is 0 Å². The molecule has 0 aromatic heterocycles. The van der Waals surface area contributed by atoms with Crippen LogP contribution in [0.2, 0.25) is 0 Å². The summed E-state index contributed by atoms with van der Waals surface area (Å²) in [6.45, 7) is 4.75. The average molecular weight is 744 g/mol. The van der Waals surface area contributed by atoms with Gasteiger partial charge in [-0.05, 0) is 89.9 Å². The number of unbranched alkanes of at least 4 members (excludes halogenated alkanes) is 23. The summed E-state index contributed by atoms with van der Waals surface area (Å²) in [6.07, 6.45) is 50.9. The van der Waals surface area contributed by atoms with Crippen LogP contribution < -0.4 is 5.32 Å². The Hall–Kier alpha value is -2.18. The van der Waals surface area contributed by atoms with E-state index in [1.54, 1.807) is 6.08 Å². The summed E-state index contributed by atoms with van der Waals surface area (Å²) in [7, 11) is 0. The van der Waals surface area contributed by atoms with E-state index in [4.69, 9.17) is 4.74 Å². The highest BCUT2D eigenvalue weighted by atomic mass is 16.5. The molecular formula is C47H85NO5. The number of esters is 1. The summed E-state index contributed by atoms with van der Waals surface area (Å²) in [5, 5.41) is 22.9. The van der Waals surface area contributed by atoms with Gasteiger partial charge in [0, 0.05) is 12.8 Å². The van der Waals surface area contributed by atoms with Crippen LogP contribution in [0.25, 0.3) is 0 Å². The van der Waals surface area contributed by atoms with Crippen molar-refractivity contribution in [3.63, 3.8) is 0 Å². The lowest BCUT2D eigenvalue weighted by atomic mass is 10.1. The first kappa shape index (κ1) is 50.8. The lowest BCUT2D eigenvalue weighted by Crippen LogP contribution is -2.45. The zero-order chi connectivity index (χ0) is 38.7. The Kier molecular flexibility index (Phi) is 40.8. The Morgan fingerprint density at radius 1 is 0.528 bits per heavy atom. The van der Waals surface area contributed by atoms with Crippen LogP contribution in [-0.2, 0) is 14.3 Å². The maximum absolute atomic E-state index is 12.3. The van der Waals surface area contributed by atoms with Gasteiger partial charge in [0.1, 0.15) is 0 Å². The second-order valence-corrected chi connectivity index (χ2v) is 15.0. The van der Waals surface area contributed by atoms with Gasteiger partial charge in [-0.1, -0.05) is 159 Å². The molecule has 0 radical (unpaired) electrons. The van der Waals surface area contributed by atoms with E-state index in [0.717, 1.165) is 103 Å². The highest BCUT2D eigenvalue weighted by Gasteiger charge is 2.18. The second-order valence-electron chi connectivity index (χ2n) is 15.0. The van der Waals surface area contributed by atoms with Crippen molar-refractivity contribution in [2.24, 2.45) is 0 Å². The molecular weight excluding hydrogens is 659 g/mol. The zero-order valence-electron chi connectivity index (χ0n) is 34.7. The third-order valence-corrected chi connectivity index (χ3v) is 9.81. The second kappa shape index (κ2) is 42.6. The van der Waals surface area contributed by atoms with Crippen LogP contribution in [0.4, 0.5) is 0 Å². The van der Waals surface area contributed by atoms with Crippen molar-refractivity contribution < 1.29 is 24.5 Å². The van der Waals surface area contributed by atoms with Crippen LogP contribution in [0.3, 0.4) is 0 Å². The topological polar surface area (TPSA) is 95.9 Å². The number of nitrogens with one attached hydrogen (secondary N) is 1. The molecule has 2 atom stereocenters. The fourth-order valence-electron chi connectivity index (χ4n) is 6.29. The number of amides is 1. The monoisotopic (exact) mass is 744 g/mol. The minimum absolute atomic E-state index is 0.0408. The lowest BCUT2D eigenvalue weighted by molar-refractivity contribution is -0.143. The summed E-state index contributed by atoms with van der Waals surface area (Å²) in [6, 6.07) is -0.646. The summed E-state index contributed by atoms with van der Waals surface area (Å²) < 4.78 is 5.42. The van der Waals surface area contributed by atoms with Gasteiger partial charge in [0.05, 0.1) is 25.4 Å². The predicted molar refractivity (Wildman–Crippen MR) is 227 cm³/mol. The number of aliphatic hydroxyl groups is 2. The van der Waals surface area contributed by atoms with Crippen molar-refractivity contribution in [3.05, 3.63) is 48.6 Å². The van der Waals surface area contributed by atoms with Crippen LogP contribution in [0, 0.1) is 0 Å². The average Bonchev–Trinajstić information content (AvgIpc) is 3.16. The zero-order valence-corrected chi connectivity index (χ0v) is 34.7. The molecule has 0 aromatic rings. The van der Waals surface area contributed by atoms with Gasteiger partial charge in [-0.25, -0.2) is 0 Å². The molecule has 53 heavy (non-hydrogen) atoms. The molecule has 0 rings (SSSR count). The molecule has 308 valence electrons. The molecule has 6 nitrogen and oxygen atoms in total. The smallest absolute Gasteiger partial charge is 0.305 e. The van der Waals surface area contributed by atoms with Gasteiger partial charge in [-0.15, -0.1) is 0 Å². The van der Waals surface area contributed by atoms with Gasteiger partial charge < -0.3 is 20.3 Å². The van der Waals surface area contributed by atoms with E-state index >= 15 is 0 Å². The number of hydrogen-bond donors (Lipinski definition) is 3. The van der Waals surface area contributed by atoms with E-state index in [1.165, 1.54) is 83.5 Å². The lowest BCUT2D eigenvalue weighted by Gasteiger charge is -2.20. The fraction of sp³-hybridized carbons (Fsp3) is 0.787. The summed E-state index contributed by atoms with van der Waals surface area (Å²) in [5.41, 5.74) is 0. The van der Waals surface area contributed by atoms with Gasteiger partial charge in [0.15, 0.2) is 0 Å². The van der Waals surface area contributed by atoms with Crippen molar-refractivity contribution in [1.82, 2.24) is 5.32 Å². The Balaban J connectivity index is 3.56. The molecule has 0 saturated carbocycles. The van der Waals surface area contributed by atoms with Gasteiger partial charge in [0.2, 0.25) is 5.91 Å². The molecule has 0 fully saturated rings. The van der Waals surface area contributed by atoms with Crippen LogP contribution in [-0.4, -0.2) is 47.4 Å². The summed E-state index contributed by atoms with van der Waals surface area (Å²) >= 11 is 0. The molecule has 1 amide bonds. The Morgan fingerprint density at radius 3 is 1.51 bits per heavy atom. The van der Waals surface area contributed by atoms with E-state index in [1.807, 2.05) is 6.08 Å². The van der Waals surface area contributed by atoms with Crippen molar-refractivity contribution in [2.45, 2.75) is 225 Å². The van der Waals surface area contributed by atoms with E-state index in [0.29, 0.717) is 19.4 Å². The first-order valence-corrected chi connectivity index (χ1v) is 22.4. The fourth-order valence-corrected chi connectivity index (χ4v) is 6.29. The van der Waals surface area contributed by atoms with Crippen LogP contribution in [0.1, 0.15) is 213 Å². The third-order valence-electron chi connectivity index (χ3n) is 9.81. The van der Waals surface area contributed by atoms with Gasteiger partial charge >= 0.3 is 5.97 Å². The molecule has 0 saturated heterocycles. The Morgan fingerprint density at radius 2 is 0.962 bits per heavy atom. The van der Waals surface area contributed by atoms with Crippen LogP contribution >= 0.6 is 0 Å². The van der Waals surface area contributed by atoms with Crippen molar-refractivity contribution in [3.8, 4) is 0 Å². The molecule has 0 aliphatic heterocycles. The maximum atomic E-state index is 12.3. The van der Waals surface area contributed by atoms with E-state index in [2.05, 4.69) is 55.6 Å². The largest absolute Gasteiger partial charge is 0.466 e. The van der Waals surface area contributed by atoms with Crippen molar-refractivity contribution in [2.75, 3.05) is 13.2 Å². The molecule has 0 spiro atoms. The molecule has 0 aliphatic carbocycles. The third kappa shape index (κ3) is 39.3. The standard InChI is InChI=1S/C47H85NO5/c1-3-5-7-9-11-13-15-16-17-21-25-29-33-37-41-47(52)53-42-38-34-30-26-22-19-18-20-24-28-32-36-40-46(51)48-44(43-49)45(50)39-35-31-27-23-14-12-10-8-6-4-2/h9,11,15-16,19,22,35,39,44-45,49-50H,3-8,10,12-14,17-18,20-21,23-34,36-38,40-43H2,1-2H3,(H,48,51)/b11-9-,16-15-,22-19-,39-35+. The quantitative estimate of drug-likeness (QED) is 0.0330. The number of carbonyl (C=O) groups is 2. The number of aliphatic hydroxyl groups excluding tert-OH is 2. The highest BCUT2D eigenvalue weighted by molar-refractivity contribution is 5.76. The number of allylic oxidation sites excluding steroid dienone is 7. The molecule has 2 unspecified atom stereocenters. The molecule has 0 aliphatic rings. The Labute approximate surface area is 327 Å². The predicted octanol–water partition coefficient (Wildman–Crippen LogP) is 12.7.